The molecule has 1 fully saturated rings. The van der Waals surface area contributed by atoms with Crippen molar-refractivity contribution in [1.29, 1.82) is 0 Å². The van der Waals surface area contributed by atoms with Crippen LogP contribution in [0.3, 0.4) is 0 Å². The van der Waals surface area contributed by atoms with Crippen LogP contribution in [0.5, 0.6) is 11.5 Å². The number of sulfone groups is 1. The molecule has 118 valence electrons. The van der Waals surface area contributed by atoms with E-state index >= 15 is 0 Å². The third-order valence-corrected chi connectivity index (χ3v) is 5.50. The van der Waals surface area contributed by atoms with E-state index in [0.29, 0.717) is 23.8 Å². The van der Waals surface area contributed by atoms with E-state index in [-0.39, 0.29) is 22.3 Å². The number of amides is 1. The van der Waals surface area contributed by atoms with Crippen molar-refractivity contribution in [2.24, 2.45) is 0 Å². The molecule has 0 aliphatic carbocycles. The van der Waals surface area contributed by atoms with E-state index in [1.54, 1.807) is 24.3 Å². The third-order valence-electron chi connectivity index (χ3n) is 3.72. The Bertz CT molecular complexity index is 902. The van der Waals surface area contributed by atoms with E-state index in [4.69, 9.17) is 9.47 Å². The first-order chi connectivity index (χ1) is 11.0. The van der Waals surface area contributed by atoms with Crippen LogP contribution in [0.4, 0.5) is 5.69 Å². The van der Waals surface area contributed by atoms with Crippen molar-refractivity contribution in [2.75, 3.05) is 17.7 Å². The average Bonchev–Trinajstić information content (AvgIpc) is 3.33. The van der Waals surface area contributed by atoms with Crippen molar-refractivity contribution in [1.82, 2.24) is 0 Å². The van der Waals surface area contributed by atoms with E-state index in [1.807, 2.05) is 0 Å². The minimum atomic E-state index is -3.49. The van der Waals surface area contributed by atoms with Gasteiger partial charge in [-0.2, -0.15) is 0 Å². The van der Waals surface area contributed by atoms with Crippen LogP contribution in [-0.2, 0) is 14.6 Å². The van der Waals surface area contributed by atoms with Crippen LogP contribution in [0.1, 0.15) is 10.4 Å². The molecule has 0 radical (unpaired) electrons. The number of carbonyl (C=O) groups is 1. The lowest BCUT2D eigenvalue weighted by molar-refractivity contribution is 0.102. The van der Waals surface area contributed by atoms with Crippen molar-refractivity contribution in [3.63, 3.8) is 0 Å². The lowest BCUT2D eigenvalue weighted by atomic mass is 10.2. The summed E-state index contributed by atoms with van der Waals surface area (Å²) >= 11 is 0. The van der Waals surface area contributed by atoms with Crippen molar-refractivity contribution in [3.05, 3.63) is 48.0 Å². The molecule has 0 saturated carbocycles. The molecule has 1 N–H and O–H groups in total. The van der Waals surface area contributed by atoms with Gasteiger partial charge in [0.1, 0.15) is 5.75 Å². The first-order valence-corrected chi connectivity index (χ1v) is 8.75. The summed E-state index contributed by atoms with van der Waals surface area (Å²) in [6.07, 6.45) is -0.242. The molecule has 2 aromatic rings. The number of nitrogens with one attached hydrogen (secondary N) is 1. The summed E-state index contributed by atoms with van der Waals surface area (Å²) in [4.78, 5) is 12.5. The molecule has 6 nitrogen and oxygen atoms in total. The number of anilines is 1. The molecule has 4 rings (SSSR count). The Labute approximate surface area is 133 Å². The van der Waals surface area contributed by atoms with Crippen LogP contribution in [0.15, 0.2) is 47.4 Å². The molecule has 0 aromatic heterocycles. The van der Waals surface area contributed by atoms with E-state index in [2.05, 4.69) is 5.32 Å². The summed E-state index contributed by atoms with van der Waals surface area (Å²) < 4.78 is 35.4. The number of carbonyl (C=O) groups excluding carboxylic acids is 1. The highest BCUT2D eigenvalue weighted by Gasteiger charge is 2.31. The molecule has 1 atom stereocenters. The van der Waals surface area contributed by atoms with Crippen molar-refractivity contribution in [3.8, 4) is 11.5 Å². The molecule has 1 saturated heterocycles. The summed E-state index contributed by atoms with van der Waals surface area (Å²) in [5.41, 5.74) is 0.739. The van der Waals surface area contributed by atoms with E-state index in [9.17, 15) is 13.2 Å². The zero-order chi connectivity index (χ0) is 16.0. The molecular weight excluding hydrogens is 318 g/mol. The summed E-state index contributed by atoms with van der Waals surface area (Å²) in [7, 11) is -3.49. The molecule has 2 aliphatic rings. The molecule has 1 unspecified atom stereocenters. The summed E-state index contributed by atoms with van der Waals surface area (Å²) in [6, 6.07) is 11.4. The Hall–Kier alpha value is -2.38. The van der Waals surface area contributed by atoms with E-state index in [0.717, 1.165) is 0 Å². The summed E-state index contributed by atoms with van der Waals surface area (Å²) in [6.45, 7) is 0.461. The number of rotatable bonds is 3. The molecule has 7 heteroatoms. The van der Waals surface area contributed by atoms with E-state index in [1.165, 1.54) is 18.2 Å². The maximum atomic E-state index is 12.4. The minimum Gasteiger partial charge on any atom is -0.454 e. The molecule has 0 spiro atoms. The standard InChI is InChI=1S/C16H13NO5S/c18-16-12-7-11(23(19,20)9-10-8-21-10)5-6-14(12)22-15-4-2-1-3-13(15)17-16/h1-7,10H,8-9H2,(H,17,18). The molecule has 2 aromatic carbocycles. The van der Waals surface area contributed by atoms with Crippen molar-refractivity contribution >= 4 is 21.4 Å². The van der Waals surface area contributed by atoms with Crippen LogP contribution >= 0.6 is 0 Å². The zero-order valence-electron chi connectivity index (χ0n) is 12.0. The van der Waals surface area contributed by atoms with Gasteiger partial charge >= 0.3 is 0 Å². The van der Waals surface area contributed by atoms with Gasteiger partial charge in [-0.15, -0.1) is 0 Å². The quantitative estimate of drug-likeness (QED) is 0.872. The van der Waals surface area contributed by atoms with Crippen LogP contribution in [-0.4, -0.2) is 32.8 Å². The van der Waals surface area contributed by atoms with Crippen LogP contribution in [0.25, 0.3) is 0 Å². The number of epoxide rings is 1. The highest BCUT2D eigenvalue weighted by Crippen LogP contribution is 2.36. The normalized spacial score (nSPS) is 19.0. The maximum absolute atomic E-state index is 12.4. The Kier molecular flexibility index (Phi) is 3.14. The molecule has 1 amide bonds. The smallest absolute Gasteiger partial charge is 0.259 e. The summed E-state index contributed by atoms with van der Waals surface area (Å²) in [5.74, 6) is 0.370. The lowest BCUT2D eigenvalue weighted by Crippen LogP contribution is -2.14. The fourth-order valence-corrected chi connectivity index (χ4v) is 3.89. The van der Waals surface area contributed by atoms with Gasteiger partial charge in [-0.05, 0) is 30.3 Å². The minimum absolute atomic E-state index is 0.0749. The first-order valence-electron chi connectivity index (χ1n) is 7.09. The maximum Gasteiger partial charge on any atom is 0.259 e. The highest BCUT2D eigenvalue weighted by molar-refractivity contribution is 7.91. The van der Waals surface area contributed by atoms with Gasteiger partial charge in [-0.1, -0.05) is 12.1 Å². The Morgan fingerprint density at radius 1 is 1.13 bits per heavy atom. The number of ether oxygens (including phenoxy) is 2. The SMILES string of the molecule is O=C1Nc2ccccc2Oc2ccc(S(=O)(=O)CC3CO3)cc21. The molecular formula is C16H13NO5S. The van der Waals surface area contributed by atoms with Gasteiger partial charge < -0.3 is 14.8 Å². The third kappa shape index (κ3) is 2.69. The number of fused-ring (bicyclic) bond motifs is 2. The topological polar surface area (TPSA) is 85.0 Å². The average molecular weight is 331 g/mol. The molecule has 2 heterocycles. The van der Waals surface area contributed by atoms with Gasteiger partial charge in [-0.3, -0.25) is 4.79 Å². The van der Waals surface area contributed by atoms with Crippen LogP contribution < -0.4 is 10.1 Å². The van der Waals surface area contributed by atoms with Gasteiger partial charge in [0.25, 0.3) is 5.91 Å². The number of hydrogen-bond donors (Lipinski definition) is 1. The highest BCUT2D eigenvalue weighted by atomic mass is 32.2. The second-order valence-corrected chi connectivity index (χ2v) is 7.48. The van der Waals surface area contributed by atoms with Crippen molar-refractivity contribution in [2.45, 2.75) is 11.0 Å². The Morgan fingerprint density at radius 3 is 2.70 bits per heavy atom. The number of para-hydroxylation sites is 2. The monoisotopic (exact) mass is 331 g/mol. The second-order valence-electron chi connectivity index (χ2n) is 5.45. The second kappa shape index (κ2) is 5.07. The Balaban J connectivity index is 1.75. The number of benzene rings is 2. The first kappa shape index (κ1) is 14.2. The van der Waals surface area contributed by atoms with Crippen LogP contribution in [0, 0.1) is 0 Å². The fraction of sp³-hybridized carbons (Fsp3) is 0.188. The van der Waals surface area contributed by atoms with Gasteiger partial charge in [0.2, 0.25) is 0 Å². The van der Waals surface area contributed by atoms with Gasteiger partial charge in [0.05, 0.1) is 34.6 Å². The largest absolute Gasteiger partial charge is 0.454 e. The fourth-order valence-electron chi connectivity index (χ4n) is 2.44. The molecule has 0 bridgehead atoms. The van der Waals surface area contributed by atoms with Gasteiger partial charge in [0.15, 0.2) is 15.6 Å². The zero-order valence-corrected chi connectivity index (χ0v) is 12.8. The van der Waals surface area contributed by atoms with Crippen molar-refractivity contribution < 1.29 is 22.7 Å². The molecule has 2 aliphatic heterocycles. The number of hydrogen-bond acceptors (Lipinski definition) is 5. The Morgan fingerprint density at radius 2 is 1.91 bits per heavy atom. The van der Waals surface area contributed by atoms with Crippen LogP contribution in [0.2, 0.25) is 0 Å². The van der Waals surface area contributed by atoms with E-state index < -0.39 is 15.7 Å². The molecule has 23 heavy (non-hydrogen) atoms. The lowest BCUT2D eigenvalue weighted by Gasteiger charge is -2.09. The van der Waals surface area contributed by atoms with Gasteiger partial charge in [0, 0.05) is 0 Å². The predicted molar refractivity (Wildman–Crippen MR) is 82.7 cm³/mol. The van der Waals surface area contributed by atoms with Gasteiger partial charge in [-0.25, -0.2) is 8.42 Å². The predicted octanol–water partition coefficient (Wildman–Crippen LogP) is 2.22. The summed E-state index contributed by atoms with van der Waals surface area (Å²) in [5, 5.41) is 2.73.